The fourth-order valence-corrected chi connectivity index (χ4v) is 3.56. The van der Waals surface area contributed by atoms with E-state index in [-0.39, 0.29) is 23.3 Å². The molecule has 0 bridgehead atoms. The summed E-state index contributed by atoms with van der Waals surface area (Å²) in [5.41, 5.74) is 8.90. The smallest absolute Gasteiger partial charge is 0.141 e. The van der Waals surface area contributed by atoms with Crippen LogP contribution in [0.1, 0.15) is 17.7 Å². The minimum Gasteiger partial charge on any atom is -0.379 e. The molecule has 2 heterocycles. The van der Waals surface area contributed by atoms with E-state index in [1.807, 2.05) is 0 Å². The van der Waals surface area contributed by atoms with Crippen LogP contribution < -0.4 is 11.1 Å². The van der Waals surface area contributed by atoms with Gasteiger partial charge in [-0.15, -0.1) is 0 Å². The molecule has 2 aliphatic rings. The average Bonchev–Trinajstić information content (AvgIpc) is 3.13. The Morgan fingerprint density at radius 2 is 2.19 bits per heavy atom. The van der Waals surface area contributed by atoms with Crippen LogP contribution in [0.3, 0.4) is 0 Å². The lowest BCUT2D eigenvalue weighted by atomic mass is 9.89. The maximum Gasteiger partial charge on any atom is 0.141 e. The van der Waals surface area contributed by atoms with Crippen molar-refractivity contribution in [3.05, 3.63) is 46.6 Å². The first-order valence-electron chi connectivity index (χ1n) is 8.64. The normalized spacial score (nSPS) is 25.1. The van der Waals surface area contributed by atoms with E-state index in [0.29, 0.717) is 31.0 Å². The number of hydrogen-bond acceptors (Lipinski definition) is 6. The zero-order valence-electron chi connectivity index (χ0n) is 14.1. The average molecular weight is 379 g/mol. The van der Waals surface area contributed by atoms with Crippen LogP contribution in [0.4, 0.5) is 15.9 Å². The Morgan fingerprint density at radius 1 is 1.31 bits per heavy atom. The molecule has 6 nitrogen and oxygen atoms in total. The fraction of sp³-hybridized carbons (Fsp3) is 0.444. The van der Waals surface area contributed by atoms with Gasteiger partial charge in [-0.05, 0) is 31.0 Å². The Hall–Kier alpha value is -1.80. The van der Waals surface area contributed by atoms with E-state index in [9.17, 15) is 4.39 Å². The van der Waals surface area contributed by atoms with Gasteiger partial charge in [0.15, 0.2) is 0 Å². The summed E-state index contributed by atoms with van der Waals surface area (Å²) in [7, 11) is 0. The third-order valence-corrected chi connectivity index (χ3v) is 5.07. The summed E-state index contributed by atoms with van der Waals surface area (Å²) >= 11 is 5.85. The van der Waals surface area contributed by atoms with Gasteiger partial charge in [0.25, 0.3) is 0 Å². The molecule has 0 radical (unpaired) electrons. The molecule has 138 valence electrons. The highest BCUT2D eigenvalue weighted by molar-refractivity contribution is 6.31. The van der Waals surface area contributed by atoms with E-state index in [1.54, 1.807) is 6.07 Å². The number of rotatable bonds is 4. The SMILES string of the molecule is N[C@@H]1Cc2c(ncnc2Nc2ccc(F)c(Cl)c2)C[C@@H]1O[C@H]1CCOC1. The number of ether oxygens (including phenoxy) is 2. The second kappa shape index (κ2) is 7.44. The first kappa shape index (κ1) is 17.6. The van der Waals surface area contributed by atoms with Crippen LogP contribution >= 0.6 is 11.6 Å². The van der Waals surface area contributed by atoms with Crippen LogP contribution in [0, 0.1) is 5.82 Å². The Labute approximate surface area is 155 Å². The van der Waals surface area contributed by atoms with Gasteiger partial charge in [-0.25, -0.2) is 14.4 Å². The summed E-state index contributed by atoms with van der Waals surface area (Å²) in [5.74, 6) is 0.204. The molecule has 0 amide bonds. The van der Waals surface area contributed by atoms with Crippen molar-refractivity contribution < 1.29 is 13.9 Å². The van der Waals surface area contributed by atoms with Gasteiger partial charge in [0.1, 0.15) is 18.0 Å². The number of nitrogens with one attached hydrogen (secondary N) is 1. The minimum atomic E-state index is -0.458. The molecule has 1 saturated heterocycles. The summed E-state index contributed by atoms with van der Waals surface area (Å²) in [6.07, 6.45) is 3.67. The van der Waals surface area contributed by atoms with Gasteiger partial charge >= 0.3 is 0 Å². The van der Waals surface area contributed by atoms with Crippen molar-refractivity contribution in [2.24, 2.45) is 5.73 Å². The molecule has 8 heteroatoms. The highest BCUT2D eigenvalue weighted by Crippen LogP contribution is 2.30. The maximum atomic E-state index is 13.3. The number of halogens is 2. The molecular weight excluding hydrogens is 359 g/mol. The van der Waals surface area contributed by atoms with Gasteiger partial charge in [-0.3, -0.25) is 0 Å². The molecule has 1 aliphatic carbocycles. The number of aromatic nitrogens is 2. The fourth-order valence-electron chi connectivity index (χ4n) is 3.38. The van der Waals surface area contributed by atoms with Crippen molar-refractivity contribution >= 4 is 23.1 Å². The van der Waals surface area contributed by atoms with E-state index in [4.69, 9.17) is 26.8 Å². The van der Waals surface area contributed by atoms with Crippen molar-refractivity contribution in [2.45, 2.75) is 37.5 Å². The number of anilines is 2. The highest BCUT2D eigenvalue weighted by Gasteiger charge is 2.32. The van der Waals surface area contributed by atoms with E-state index in [2.05, 4.69) is 15.3 Å². The van der Waals surface area contributed by atoms with Crippen LogP contribution in [0.25, 0.3) is 0 Å². The molecule has 26 heavy (non-hydrogen) atoms. The van der Waals surface area contributed by atoms with Gasteiger partial charge in [-0.1, -0.05) is 11.6 Å². The van der Waals surface area contributed by atoms with Crippen molar-refractivity contribution in [3.8, 4) is 0 Å². The molecule has 4 rings (SSSR count). The summed E-state index contributed by atoms with van der Waals surface area (Å²) in [6, 6.07) is 4.31. The largest absolute Gasteiger partial charge is 0.379 e. The van der Waals surface area contributed by atoms with Crippen LogP contribution in [-0.4, -0.2) is 41.4 Å². The van der Waals surface area contributed by atoms with Gasteiger partial charge in [0.2, 0.25) is 0 Å². The summed E-state index contributed by atoms with van der Waals surface area (Å²) < 4.78 is 24.8. The molecule has 1 aromatic heterocycles. The van der Waals surface area contributed by atoms with Crippen molar-refractivity contribution in [1.29, 1.82) is 0 Å². The van der Waals surface area contributed by atoms with E-state index < -0.39 is 5.82 Å². The van der Waals surface area contributed by atoms with Gasteiger partial charge in [0.05, 0.1) is 29.5 Å². The number of hydrogen-bond donors (Lipinski definition) is 2. The van der Waals surface area contributed by atoms with Crippen LogP contribution in [-0.2, 0) is 22.3 Å². The Bertz CT molecular complexity index is 801. The number of benzene rings is 1. The molecule has 3 atom stereocenters. The molecule has 1 fully saturated rings. The molecule has 0 unspecified atom stereocenters. The summed E-state index contributed by atoms with van der Waals surface area (Å²) in [6.45, 7) is 1.36. The number of nitrogens with zero attached hydrogens (tertiary/aromatic N) is 2. The topological polar surface area (TPSA) is 82.3 Å². The lowest BCUT2D eigenvalue weighted by molar-refractivity contribution is -0.0305. The first-order chi connectivity index (χ1) is 12.6. The Balaban J connectivity index is 1.53. The molecular formula is C18H20ClFN4O2. The highest BCUT2D eigenvalue weighted by atomic mass is 35.5. The van der Waals surface area contributed by atoms with E-state index in [1.165, 1.54) is 18.5 Å². The predicted molar refractivity (Wildman–Crippen MR) is 96.2 cm³/mol. The molecule has 0 saturated carbocycles. The molecule has 3 N–H and O–H groups in total. The lowest BCUT2D eigenvalue weighted by Crippen LogP contribution is -2.45. The Kier molecular flexibility index (Phi) is 5.04. The molecule has 0 spiro atoms. The summed E-state index contributed by atoms with van der Waals surface area (Å²) in [4.78, 5) is 8.74. The maximum absolute atomic E-state index is 13.3. The molecule has 1 aliphatic heterocycles. The third-order valence-electron chi connectivity index (χ3n) is 4.78. The van der Waals surface area contributed by atoms with Crippen molar-refractivity contribution in [1.82, 2.24) is 9.97 Å². The number of fused-ring (bicyclic) bond motifs is 1. The predicted octanol–water partition coefficient (Wildman–Crippen LogP) is 2.61. The van der Waals surface area contributed by atoms with E-state index >= 15 is 0 Å². The van der Waals surface area contributed by atoms with Crippen molar-refractivity contribution in [3.63, 3.8) is 0 Å². The van der Waals surface area contributed by atoms with Crippen LogP contribution in [0.5, 0.6) is 0 Å². The molecule has 2 aromatic rings. The quantitative estimate of drug-likeness (QED) is 0.851. The third kappa shape index (κ3) is 3.66. The first-order valence-corrected chi connectivity index (χ1v) is 9.01. The molecule has 1 aromatic carbocycles. The Morgan fingerprint density at radius 3 is 2.96 bits per heavy atom. The zero-order valence-corrected chi connectivity index (χ0v) is 14.9. The van der Waals surface area contributed by atoms with Crippen molar-refractivity contribution in [2.75, 3.05) is 18.5 Å². The second-order valence-electron chi connectivity index (χ2n) is 6.63. The van der Waals surface area contributed by atoms with Crippen LogP contribution in [0.2, 0.25) is 5.02 Å². The second-order valence-corrected chi connectivity index (χ2v) is 7.04. The minimum absolute atomic E-state index is 0.0573. The van der Waals surface area contributed by atoms with Gasteiger partial charge in [-0.2, -0.15) is 0 Å². The number of nitrogens with two attached hydrogens (primary N) is 1. The van der Waals surface area contributed by atoms with Gasteiger partial charge in [0, 0.05) is 30.3 Å². The zero-order chi connectivity index (χ0) is 18.1. The summed E-state index contributed by atoms with van der Waals surface area (Å²) in [5, 5.41) is 3.25. The van der Waals surface area contributed by atoms with E-state index in [0.717, 1.165) is 24.3 Å². The lowest BCUT2D eigenvalue weighted by Gasteiger charge is -2.32. The van der Waals surface area contributed by atoms with Crippen LogP contribution in [0.15, 0.2) is 24.5 Å². The monoisotopic (exact) mass is 378 g/mol. The van der Waals surface area contributed by atoms with Gasteiger partial charge < -0.3 is 20.5 Å². The standard InChI is InChI=1S/C18H20ClFN4O2/c19-13-5-10(1-2-14(13)20)24-18-12-6-15(21)17(7-16(12)22-9-23-18)26-11-3-4-25-8-11/h1-2,5,9,11,15,17H,3-4,6-8,21H2,(H,22,23,24)/t11-,15+,17-/m0/s1.